The molecule has 1 aliphatic rings. The summed E-state index contributed by atoms with van der Waals surface area (Å²) in [5.41, 5.74) is 0.370. The van der Waals surface area contributed by atoms with E-state index in [0.717, 1.165) is 12.1 Å². The molecule has 13 heteroatoms. The first-order valence-corrected chi connectivity index (χ1v) is 10.8. The smallest absolute Gasteiger partial charge is 0.387 e. The maximum atomic E-state index is 13.8. The van der Waals surface area contributed by atoms with Crippen LogP contribution in [0.15, 0.2) is 41.7 Å². The number of hydrogen-bond acceptors (Lipinski definition) is 6. The van der Waals surface area contributed by atoms with E-state index in [1.165, 1.54) is 25.4 Å². The Labute approximate surface area is 203 Å². The van der Waals surface area contributed by atoms with E-state index >= 15 is 0 Å². The molecule has 1 amide bonds. The monoisotopic (exact) mass is 520 g/mol. The number of hydrogen-bond donors (Lipinski definition) is 2. The van der Waals surface area contributed by atoms with Crippen LogP contribution in [-0.4, -0.2) is 62.2 Å². The number of nitrogens with zero attached hydrogens (tertiary/aromatic N) is 2. The quantitative estimate of drug-likeness (QED) is 0.257. The van der Waals surface area contributed by atoms with Gasteiger partial charge in [0.25, 0.3) is 12.3 Å². The SMILES string of the molecule is C=NC/C=C/OCF.C[C@@H](NC1CC(NC(=O)c2cnc3cc(OC(F)F)c(F)cc3c2)C1)C(F)F. The molecular formula is C23H26F6N4O3. The van der Waals surface area contributed by atoms with Gasteiger partial charge in [0, 0.05) is 29.7 Å². The summed E-state index contributed by atoms with van der Waals surface area (Å²) in [5, 5.41) is 5.80. The van der Waals surface area contributed by atoms with Crippen LogP contribution in [0.4, 0.5) is 26.3 Å². The molecule has 0 bridgehead atoms. The first-order chi connectivity index (χ1) is 17.1. The molecule has 1 atom stereocenters. The van der Waals surface area contributed by atoms with Crippen molar-refractivity contribution in [3.8, 4) is 5.75 Å². The van der Waals surface area contributed by atoms with Crippen molar-refractivity contribution in [3.63, 3.8) is 0 Å². The number of halogens is 6. The van der Waals surface area contributed by atoms with Crippen LogP contribution in [0.25, 0.3) is 10.9 Å². The van der Waals surface area contributed by atoms with Gasteiger partial charge in [0.2, 0.25) is 6.86 Å². The van der Waals surface area contributed by atoms with Crippen LogP contribution >= 0.6 is 0 Å². The lowest BCUT2D eigenvalue weighted by Gasteiger charge is -2.38. The third-order valence-corrected chi connectivity index (χ3v) is 5.05. The first kappa shape index (κ1) is 28.9. The molecule has 2 N–H and O–H groups in total. The van der Waals surface area contributed by atoms with E-state index in [1.54, 1.807) is 6.08 Å². The van der Waals surface area contributed by atoms with Crippen molar-refractivity contribution in [1.82, 2.24) is 15.6 Å². The van der Waals surface area contributed by atoms with Crippen molar-refractivity contribution in [2.45, 2.75) is 50.9 Å². The fourth-order valence-electron chi connectivity index (χ4n) is 3.25. The number of ether oxygens (including phenoxy) is 2. The topological polar surface area (TPSA) is 84.8 Å². The van der Waals surface area contributed by atoms with E-state index in [0.29, 0.717) is 19.4 Å². The number of aromatic nitrogens is 1. The highest BCUT2D eigenvalue weighted by molar-refractivity contribution is 5.97. The van der Waals surface area contributed by atoms with Crippen LogP contribution in [-0.2, 0) is 4.74 Å². The average molecular weight is 520 g/mol. The highest BCUT2D eigenvalue weighted by Gasteiger charge is 2.32. The Hall–Kier alpha value is -3.35. The Morgan fingerprint density at radius 3 is 2.58 bits per heavy atom. The highest BCUT2D eigenvalue weighted by Crippen LogP contribution is 2.26. The predicted octanol–water partition coefficient (Wildman–Crippen LogP) is 4.62. The second-order valence-electron chi connectivity index (χ2n) is 7.76. The molecule has 2 aromatic rings. The van der Waals surface area contributed by atoms with E-state index in [9.17, 15) is 31.1 Å². The summed E-state index contributed by atoms with van der Waals surface area (Å²) in [6.07, 6.45) is 2.67. The van der Waals surface area contributed by atoms with Gasteiger partial charge in [-0.3, -0.25) is 14.8 Å². The minimum Gasteiger partial charge on any atom is -0.471 e. The number of rotatable bonds is 11. The Morgan fingerprint density at radius 2 is 1.97 bits per heavy atom. The van der Waals surface area contributed by atoms with E-state index < -0.39 is 43.4 Å². The first-order valence-electron chi connectivity index (χ1n) is 10.8. The Balaban J connectivity index is 0.000000493. The lowest BCUT2D eigenvalue weighted by atomic mass is 9.86. The van der Waals surface area contributed by atoms with E-state index in [2.05, 4.69) is 36.8 Å². The van der Waals surface area contributed by atoms with Crippen molar-refractivity contribution in [2.75, 3.05) is 13.4 Å². The number of alkyl halides is 5. The molecular weight excluding hydrogens is 494 g/mol. The minimum absolute atomic E-state index is 0.0913. The molecule has 1 aromatic carbocycles. The Kier molecular flexibility index (Phi) is 11.4. The lowest BCUT2D eigenvalue weighted by Crippen LogP contribution is -2.55. The summed E-state index contributed by atoms with van der Waals surface area (Å²) in [6, 6.07) is 2.22. The van der Waals surface area contributed by atoms with Crippen molar-refractivity contribution >= 4 is 23.5 Å². The summed E-state index contributed by atoms with van der Waals surface area (Å²) < 4.78 is 82.8. The Bertz CT molecular complexity index is 1030. The third kappa shape index (κ3) is 9.02. The summed E-state index contributed by atoms with van der Waals surface area (Å²) in [4.78, 5) is 19.8. The number of carbonyl (C=O) groups excluding carboxylic acids is 1. The third-order valence-electron chi connectivity index (χ3n) is 5.05. The molecule has 1 heterocycles. The molecule has 3 rings (SSSR count). The fourth-order valence-corrected chi connectivity index (χ4v) is 3.25. The van der Waals surface area contributed by atoms with Crippen molar-refractivity contribution < 1.29 is 40.6 Å². The molecule has 0 aliphatic heterocycles. The predicted molar refractivity (Wildman–Crippen MR) is 122 cm³/mol. The molecule has 7 nitrogen and oxygen atoms in total. The fraction of sp³-hybridized carbons (Fsp3) is 0.435. The molecule has 0 radical (unpaired) electrons. The zero-order chi connectivity index (χ0) is 26.7. The summed E-state index contributed by atoms with van der Waals surface area (Å²) in [6.45, 7) is 1.13. The van der Waals surface area contributed by atoms with Gasteiger partial charge in [0.1, 0.15) is 0 Å². The molecule has 36 heavy (non-hydrogen) atoms. The van der Waals surface area contributed by atoms with Crippen LogP contribution in [0.5, 0.6) is 5.75 Å². The number of nitrogens with one attached hydrogen (secondary N) is 2. The van der Waals surface area contributed by atoms with Crippen molar-refractivity contribution in [3.05, 3.63) is 48.1 Å². The van der Waals surface area contributed by atoms with Gasteiger partial charge < -0.3 is 20.1 Å². The molecule has 1 saturated carbocycles. The normalized spacial score (nSPS) is 17.9. The van der Waals surface area contributed by atoms with E-state index in [1.807, 2.05) is 0 Å². The Morgan fingerprint density at radius 1 is 1.25 bits per heavy atom. The van der Waals surface area contributed by atoms with Gasteiger partial charge in [-0.05, 0) is 44.7 Å². The van der Waals surface area contributed by atoms with Gasteiger partial charge in [-0.1, -0.05) is 0 Å². The summed E-state index contributed by atoms with van der Waals surface area (Å²) in [7, 11) is 0. The van der Waals surface area contributed by atoms with Crippen LogP contribution in [0, 0.1) is 5.82 Å². The van der Waals surface area contributed by atoms with Crippen LogP contribution in [0.1, 0.15) is 30.1 Å². The zero-order valence-corrected chi connectivity index (χ0v) is 19.3. The van der Waals surface area contributed by atoms with E-state index in [-0.39, 0.29) is 28.6 Å². The molecule has 1 fully saturated rings. The number of amides is 1. The van der Waals surface area contributed by atoms with Crippen LogP contribution in [0.2, 0.25) is 0 Å². The highest BCUT2D eigenvalue weighted by atomic mass is 19.3. The maximum absolute atomic E-state index is 13.8. The number of benzene rings is 1. The molecule has 1 aromatic heterocycles. The van der Waals surface area contributed by atoms with Crippen molar-refractivity contribution in [1.29, 1.82) is 0 Å². The maximum Gasteiger partial charge on any atom is 0.387 e. The number of pyridine rings is 1. The van der Waals surface area contributed by atoms with Gasteiger partial charge in [0.15, 0.2) is 11.6 Å². The largest absolute Gasteiger partial charge is 0.471 e. The second-order valence-corrected chi connectivity index (χ2v) is 7.76. The summed E-state index contributed by atoms with van der Waals surface area (Å²) in [5.74, 6) is -2.06. The number of carbonyl (C=O) groups is 1. The second kappa shape index (κ2) is 14.3. The molecule has 0 saturated heterocycles. The number of fused-ring (bicyclic) bond motifs is 1. The van der Waals surface area contributed by atoms with Crippen LogP contribution < -0.4 is 15.4 Å². The van der Waals surface area contributed by atoms with Gasteiger partial charge in [0.05, 0.1) is 29.9 Å². The van der Waals surface area contributed by atoms with Gasteiger partial charge >= 0.3 is 6.61 Å². The van der Waals surface area contributed by atoms with Crippen LogP contribution in [0.3, 0.4) is 0 Å². The zero-order valence-electron chi connectivity index (χ0n) is 19.3. The van der Waals surface area contributed by atoms with Crippen molar-refractivity contribution in [2.24, 2.45) is 4.99 Å². The number of aliphatic imine (C=N–C) groups is 1. The molecule has 0 spiro atoms. The van der Waals surface area contributed by atoms with Gasteiger partial charge in [-0.2, -0.15) is 8.78 Å². The lowest BCUT2D eigenvalue weighted by molar-refractivity contribution is -0.0520. The van der Waals surface area contributed by atoms with Gasteiger partial charge in [-0.15, -0.1) is 0 Å². The van der Waals surface area contributed by atoms with Gasteiger partial charge in [-0.25, -0.2) is 17.6 Å². The molecule has 0 unspecified atom stereocenters. The standard InChI is InChI=1S/C18H18F5N3O2.C5H8FNO/c1-8(16(20)21)25-11-4-12(5-11)26-17(27)10-2-9-3-13(19)15(28-18(22)23)6-14(9)24-7-10;1-7-3-2-4-8-5-6/h2-3,6-8,11-12,16,18,25H,4-5H2,1H3,(H,26,27);2,4H,1,3,5H2/b;4-2+/t8-,11?,12?;/m1./s1. The van der Waals surface area contributed by atoms with E-state index in [4.69, 9.17) is 0 Å². The molecule has 1 aliphatic carbocycles. The molecule has 198 valence electrons. The average Bonchev–Trinajstić information content (AvgIpc) is 2.80. The minimum atomic E-state index is -3.17. The summed E-state index contributed by atoms with van der Waals surface area (Å²) >= 11 is 0.